The third-order valence-electron chi connectivity index (χ3n) is 5.47. The van der Waals surface area contributed by atoms with Crippen LogP contribution >= 0.6 is 0 Å². The van der Waals surface area contributed by atoms with E-state index in [-0.39, 0.29) is 17.2 Å². The summed E-state index contributed by atoms with van der Waals surface area (Å²) in [6, 6.07) is 12.2. The fourth-order valence-electron chi connectivity index (χ4n) is 3.88. The number of amides is 1. The molecule has 1 aliphatic heterocycles. The van der Waals surface area contributed by atoms with E-state index in [0.717, 1.165) is 0 Å². The van der Waals surface area contributed by atoms with Crippen LogP contribution in [-0.2, 0) is 9.59 Å². The van der Waals surface area contributed by atoms with E-state index in [1.165, 1.54) is 19.1 Å². The Hall–Kier alpha value is -4.27. The molecule has 1 N–H and O–H groups in total. The predicted octanol–water partition coefficient (Wildman–Crippen LogP) is 4.03. The maximum absolute atomic E-state index is 13.2. The van der Waals surface area contributed by atoms with Gasteiger partial charge >= 0.3 is 5.91 Å². The number of hydrogen-bond donors (Lipinski definition) is 1. The first-order valence-electron chi connectivity index (χ1n) is 10.6. The number of methoxy groups -OCH3 is 2. The maximum Gasteiger partial charge on any atom is 0.301 e. The number of aryl methyl sites for hydroxylation is 1. The molecule has 176 valence electrons. The summed E-state index contributed by atoms with van der Waals surface area (Å²) in [5, 5.41) is 15.1. The van der Waals surface area contributed by atoms with Gasteiger partial charge in [0.2, 0.25) is 0 Å². The van der Waals surface area contributed by atoms with Gasteiger partial charge in [-0.3, -0.25) is 14.5 Å². The lowest BCUT2D eigenvalue weighted by Crippen LogP contribution is -2.29. The first-order chi connectivity index (χ1) is 16.4. The fraction of sp³-hybridized carbons (Fsp3) is 0.240. The number of hydrogen-bond acceptors (Lipinski definition) is 8. The minimum atomic E-state index is -0.976. The van der Waals surface area contributed by atoms with Crippen molar-refractivity contribution in [3.63, 3.8) is 0 Å². The molecule has 9 heteroatoms. The Labute approximate surface area is 196 Å². The number of Topliss-reactive ketones (excluding diaryl/α,β-unsaturated/α-hetero) is 1. The molecule has 0 radical (unpaired) electrons. The number of carbonyl (C=O) groups is 2. The van der Waals surface area contributed by atoms with Crippen LogP contribution in [0.4, 0.5) is 5.82 Å². The van der Waals surface area contributed by atoms with Crippen molar-refractivity contribution >= 4 is 23.3 Å². The van der Waals surface area contributed by atoms with Gasteiger partial charge in [-0.15, -0.1) is 0 Å². The number of ether oxygens (including phenoxy) is 3. The normalized spacial score (nSPS) is 17.2. The van der Waals surface area contributed by atoms with Gasteiger partial charge in [0.25, 0.3) is 5.78 Å². The molecule has 0 spiro atoms. The molecule has 1 atom stereocenters. The van der Waals surface area contributed by atoms with Crippen LogP contribution in [-0.4, -0.2) is 42.8 Å². The van der Waals surface area contributed by atoms with Crippen molar-refractivity contribution in [2.45, 2.75) is 19.9 Å². The number of benzene rings is 2. The SMILES string of the molecule is CCOc1ccc([C@H]2/C(=C(\O)c3ccc(OC)cc3)C(=O)C(=O)N2c2cc(C)on2)cc1OC. The molecule has 1 saturated heterocycles. The van der Waals surface area contributed by atoms with E-state index in [9.17, 15) is 14.7 Å². The van der Waals surface area contributed by atoms with E-state index in [1.807, 2.05) is 6.92 Å². The average molecular weight is 464 g/mol. The molecule has 1 fully saturated rings. The number of carbonyl (C=O) groups excluding carboxylic acids is 2. The summed E-state index contributed by atoms with van der Waals surface area (Å²) in [4.78, 5) is 27.5. The summed E-state index contributed by atoms with van der Waals surface area (Å²) < 4.78 is 21.4. The monoisotopic (exact) mass is 464 g/mol. The van der Waals surface area contributed by atoms with Gasteiger partial charge in [0.1, 0.15) is 17.3 Å². The zero-order valence-electron chi connectivity index (χ0n) is 19.2. The van der Waals surface area contributed by atoms with Crippen molar-refractivity contribution in [3.8, 4) is 17.2 Å². The number of aromatic nitrogens is 1. The molecule has 0 saturated carbocycles. The highest BCUT2D eigenvalue weighted by Gasteiger charge is 2.48. The van der Waals surface area contributed by atoms with Crippen molar-refractivity contribution in [2.75, 3.05) is 25.7 Å². The zero-order valence-corrected chi connectivity index (χ0v) is 19.2. The average Bonchev–Trinajstić information content (AvgIpc) is 3.39. The topological polar surface area (TPSA) is 111 Å². The van der Waals surface area contributed by atoms with Crippen molar-refractivity contribution in [2.24, 2.45) is 0 Å². The van der Waals surface area contributed by atoms with Gasteiger partial charge in [-0.1, -0.05) is 11.2 Å². The lowest BCUT2D eigenvalue weighted by atomic mass is 9.95. The standard InChI is InChI=1S/C25H24N2O7/c1-5-33-18-11-8-16(13-19(18)32-4)22-21(23(28)15-6-9-17(31-3)10-7-15)24(29)25(30)27(22)20-12-14(2)34-26-20/h6-13,22,28H,5H2,1-4H3/b23-21+/t22-/m0/s1. The lowest BCUT2D eigenvalue weighted by molar-refractivity contribution is -0.132. The van der Waals surface area contributed by atoms with Crippen molar-refractivity contribution in [1.82, 2.24) is 5.16 Å². The zero-order chi connectivity index (χ0) is 24.4. The van der Waals surface area contributed by atoms with Gasteiger partial charge in [-0.25, -0.2) is 0 Å². The molecule has 1 aliphatic rings. The molecular weight excluding hydrogens is 440 g/mol. The Morgan fingerprint density at radius 3 is 2.38 bits per heavy atom. The number of ketones is 1. The third-order valence-corrected chi connectivity index (χ3v) is 5.47. The minimum absolute atomic E-state index is 0.0815. The summed E-state index contributed by atoms with van der Waals surface area (Å²) in [7, 11) is 3.02. The summed E-state index contributed by atoms with van der Waals surface area (Å²) >= 11 is 0. The Kier molecular flexibility index (Phi) is 6.27. The van der Waals surface area contributed by atoms with Crippen LogP contribution in [0.3, 0.4) is 0 Å². The molecule has 9 nitrogen and oxygen atoms in total. The predicted molar refractivity (Wildman–Crippen MR) is 123 cm³/mol. The molecule has 2 aromatic carbocycles. The molecule has 34 heavy (non-hydrogen) atoms. The van der Waals surface area contributed by atoms with Crippen LogP contribution in [0, 0.1) is 6.92 Å². The van der Waals surface area contributed by atoms with Gasteiger partial charge < -0.3 is 23.8 Å². The van der Waals surface area contributed by atoms with Gasteiger partial charge in [-0.2, -0.15) is 0 Å². The summed E-state index contributed by atoms with van der Waals surface area (Å²) in [6.45, 7) is 3.97. The number of anilines is 1. The van der Waals surface area contributed by atoms with Crippen LogP contribution in [0.15, 0.2) is 58.6 Å². The number of aliphatic hydroxyl groups is 1. The first-order valence-corrected chi connectivity index (χ1v) is 10.6. The number of rotatable bonds is 7. The van der Waals surface area contributed by atoms with E-state index in [0.29, 0.717) is 40.7 Å². The van der Waals surface area contributed by atoms with E-state index in [2.05, 4.69) is 5.16 Å². The third kappa shape index (κ3) is 3.96. The Balaban J connectivity index is 1.92. The fourth-order valence-corrected chi connectivity index (χ4v) is 3.88. The molecule has 0 bridgehead atoms. The molecular formula is C25H24N2O7. The van der Waals surface area contributed by atoms with Crippen molar-refractivity contribution < 1.29 is 33.4 Å². The second-order valence-electron chi connectivity index (χ2n) is 7.54. The Bertz CT molecular complexity index is 1260. The first kappa shape index (κ1) is 22.9. The molecule has 2 heterocycles. The largest absolute Gasteiger partial charge is 0.507 e. The van der Waals surface area contributed by atoms with Crippen LogP contribution in [0.1, 0.15) is 29.9 Å². The minimum Gasteiger partial charge on any atom is -0.507 e. The molecule has 3 aromatic rings. The van der Waals surface area contributed by atoms with Crippen molar-refractivity contribution in [3.05, 3.63) is 71.0 Å². The maximum atomic E-state index is 13.2. The van der Waals surface area contributed by atoms with Crippen LogP contribution in [0.5, 0.6) is 17.2 Å². The van der Waals surface area contributed by atoms with Crippen LogP contribution in [0.25, 0.3) is 5.76 Å². The Morgan fingerprint density at radius 2 is 1.79 bits per heavy atom. The van der Waals surface area contributed by atoms with E-state index >= 15 is 0 Å². The summed E-state index contributed by atoms with van der Waals surface area (Å²) in [5.74, 6) is 0.155. The Morgan fingerprint density at radius 1 is 1.06 bits per heavy atom. The molecule has 4 rings (SSSR count). The molecule has 0 aliphatic carbocycles. The molecule has 0 unspecified atom stereocenters. The lowest BCUT2D eigenvalue weighted by Gasteiger charge is -2.23. The summed E-state index contributed by atoms with van der Waals surface area (Å²) in [6.07, 6.45) is 0. The van der Waals surface area contributed by atoms with Gasteiger partial charge in [-0.05, 0) is 55.8 Å². The number of aliphatic hydroxyl groups excluding tert-OH is 1. The van der Waals surface area contributed by atoms with Gasteiger partial charge in [0.05, 0.1) is 32.4 Å². The highest BCUT2D eigenvalue weighted by molar-refractivity contribution is 6.51. The highest BCUT2D eigenvalue weighted by Crippen LogP contribution is 2.44. The van der Waals surface area contributed by atoms with Crippen molar-refractivity contribution in [1.29, 1.82) is 0 Å². The van der Waals surface area contributed by atoms with E-state index < -0.39 is 17.7 Å². The second-order valence-corrected chi connectivity index (χ2v) is 7.54. The quantitative estimate of drug-likeness (QED) is 0.317. The van der Waals surface area contributed by atoms with Crippen LogP contribution in [0.2, 0.25) is 0 Å². The van der Waals surface area contributed by atoms with Crippen LogP contribution < -0.4 is 19.1 Å². The van der Waals surface area contributed by atoms with Gasteiger partial charge in [0, 0.05) is 11.6 Å². The van der Waals surface area contributed by atoms with Gasteiger partial charge in [0.15, 0.2) is 17.3 Å². The number of nitrogens with zero attached hydrogens (tertiary/aromatic N) is 2. The van der Waals surface area contributed by atoms with E-state index in [1.54, 1.807) is 55.5 Å². The molecule has 1 amide bonds. The highest BCUT2D eigenvalue weighted by atomic mass is 16.5. The van der Waals surface area contributed by atoms with E-state index in [4.69, 9.17) is 18.7 Å². The second kappa shape index (κ2) is 9.30. The molecule has 1 aromatic heterocycles. The smallest absolute Gasteiger partial charge is 0.301 e. The summed E-state index contributed by atoms with van der Waals surface area (Å²) in [5.41, 5.74) is 0.801.